The Balaban J connectivity index is 1.36. The summed E-state index contributed by atoms with van der Waals surface area (Å²) in [5, 5.41) is 0. The van der Waals surface area contributed by atoms with Gasteiger partial charge < -0.3 is 0 Å². The molecule has 0 unspecified atom stereocenters. The van der Waals surface area contributed by atoms with E-state index in [0.717, 1.165) is 18.4 Å². The first kappa shape index (κ1) is 20.2. The van der Waals surface area contributed by atoms with Crippen molar-refractivity contribution in [2.24, 2.45) is 0 Å². The van der Waals surface area contributed by atoms with Crippen molar-refractivity contribution in [3.8, 4) is 0 Å². The summed E-state index contributed by atoms with van der Waals surface area (Å²) < 4.78 is 29.2. The lowest BCUT2D eigenvalue weighted by Crippen LogP contribution is -2.30. The van der Waals surface area contributed by atoms with Crippen LogP contribution in [-0.2, 0) is 14.3 Å². The van der Waals surface area contributed by atoms with Crippen LogP contribution >= 0.6 is 0 Å². The van der Waals surface area contributed by atoms with Gasteiger partial charge in [-0.3, -0.25) is 18.7 Å². The molecule has 3 rings (SSSR count). The standard InChI is InChI=1S/C21H23NO5S/c1-16-10-12-17(13-11-16)28(25,26)27-15-7-3-2-6-14-22-20(23)18-8-4-5-9-19(18)21(22)24/h4-5,8-13H,2-3,6-7,14-15H2,1H3. The predicted octanol–water partition coefficient (Wildman–Crippen LogP) is 3.56. The van der Waals surface area contributed by atoms with Crippen molar-refractivity contribution in [3.05, 3.63) is 65.2 Å². The van der Waals surface area contributed by atoms with Gasteiger partial charge in [0.2, 0.25) is 0 Å². The van der Waals surface area contributed by atoms with Crippen LogP contribution in [-0.4, -0.2) is 38.3 Å². The first-order chi connectivity index (χ1) is 13.4. The fourth-order valence-corrected chi connectivity index (χ4v) is 4.05. The van der Waals surface area contributed by atoms with Crippen molar-refractivity contribution in [2.45, 2.75) is 37.5 Å². The highest BCUT2D eigenvalue weighted by molar-refractivity contribution is 7.86. The number of imide groups is 1. The summed E-state index contributed by atoms with van der Waals surface area (Å²) in [6, 6.07) is 13.4. The van der Waals surface area contributed by atoms with Crippen LogP contribution in [0.4, 0.5) is 0 Å². The molecular formula is C21H23NO5S. The van der Waals surface area contributed by atoms with Gasteiger partial charge >= 0.3 is 0 Å². The van der Waals surface area contributed by atoms with E-state index in [0.29, 0.717) is 30.5 Å². The van der Waals surface area contributed by atoms with Gasteiger partial charge in [-0.05, 0) is 44.0 Å². The molecule has 0 N–H and O–H groups in total. The van der Waals surface area contributed by atoms with E-state index in [2.05, 4.69) is 0 Å². The van der Waals surface area contributed by atoms with Gasteiger partial charge in [-0.2, -0.15) is 8.42 Å². The summed E-state index contributed by atoms with van der Waals surface area (Å²) >= 11 is 0. The molecule has 0 saturated carbocycles. The third-order valence-electron chi connectivity index (χ3n) is 4.70. The van der Waals surface area contributed by atoms with Crippen LogP contribution in [0.2, 0.25) is 0 Å². The minimum atomic E-state index is -3.73. The molecule has 28 heavy (non-hydrogen) atoms. The Kier molecular flexibility index (Phi) is 6.26. The Bertz CT molecular complexity index is 932. The van der Waals surface area contributed by atoms with Gasteiger partial charge in [0, 0.05) is 6.54 Å². The molecule has 0 radical (unpaired) electrons. The number of hydrogen-bond acceptors (Lipinski definition) is 5. The topological polar surface area (TPSA) is 80.8 Å². The summed E-state index contributed by atoms with van der Waals surface area (Å²) in [7, 11) is -3.73. The maximum atomic E-state index is 12.3. The minimum Gasteiger partial charge on any atom is -0.274 e. The molecule has 2 aromatic rings. The lowest BCUT2D eigenvalue weighted by molar-refractivity contribution is 0.0651. The Morgan fingerprint density at radius 2 is 1.39 bits per heavy atom. The predicted molar refractivity (Wildman–Crippen MR) is 105 cm³/mol. The maximum absolute atomic E-state index is 12.3. The van der Waals surface area contributed by atoms with Gasteiger partial charge in [0.15, 0.2) is 0 Å². The molecular weight excluding hydrogens is 378 g/mol. The first-order valence-corrected chi connectivity index (χ1v) is 10.7. The third-order valence-corrected chi connectivity index (χ3v) is 6.03. The van der Waals surface area contributed by atoms with Crippen LogP contribution < -0.4 is 0 Å². The van der Waals surface area contributed by atoms with Crippen molar-refractivity contribution in [1.29, 1.82) is 0 Å². The lowest BCUT2D eigenvalue weighted by atomic mass is 10.1. The summed E-state index contributed by atoms with van der Waals surface area (Å²) in [6.45, 7) is 2.37. The fraction of sp³-hybridized carbons (Fsp3) is 0.333. The molecule has 1 aliphatic heterocycles. The van der Waals surface area contributed by atoms with Crippen molar-refractivity contribution < 1.29 is 22.2 Å². The second-order valence-electron chi connectivity index (χ2n) is 6.81. The van der Waals surface area contributed by atoms with Crippen molar-refractivity contribution in [1.82, 2.24) is 4.90 Å². The smallest absolute Gasteiger partial charge is 0.274 e. The van der Waals surface area contributed by atoms with Crippen molar-refractivity contribution in [3.63, 3.8) is 0 Å². The van der Waals surface area contributed by atoms with Gasteiger partial charge in [-0.25, -0.2) is 0 Å². The zero-order valence-electron chi connectivity index (χ0n) is 15.8. The van der Waals surface area contributed by atoms with Crippen LogP contribution in [0.5, 0.6) is 0 Å². The lowest BCUT2D eigenvalue weighted by Gasteiger charge is -2.13. The molecule has 2 aromatic carbocycles. The Labute approximate surface area is 165 Å². The number of aryl methyl sites for hydroxylation is 1. The summed E-state index contributed by atoms with van der Waals surface area (Å²) in [5.41, 5.74) is 1.90. The van der Waals surface area contributed by atoms with Gasteiger partial charge in [0.1, 0.15) is 0 Å². The van der Waals surface area contributed by atoms with Crippen LogP contribution in [0.25, 0.3) is 0 Å². The van der Waals surface area contributed by atoms with Crippen LogP contribution in [0.1, 0.15) is 52.0 Å². The van der Waals surface area contributed by atoms with Gasteiger partial charge in [0.25, 0.3) is 21.9 Å². The Hall–Kier alpha value is -2.51. The monoisotopic (exact) mass is 401 g/mol. The molecule has 7 heteroatoms. The molecule has 148 valence electrons. The molecule has 0 atom stereocenters. The number of hydrogen-bond donors (Lipinski definition) is 0. The van der Waals surface area contributed by atoms with E-state index in [-0.39, 0.29) is 23.3 Å². The van der Waals surface area contributed by atoms with E-state index in [1.165, 1.54) is 17.0 Å². The number of unbranched alkanes of at least 4 members (excludes halogenated alkanes) is 3. The average Bonchev–Trinajstić information content (AvgIpc) is 2.92. The second-order valence-corrected chi connectivity index (χ2v) is 8.43. The Morgan fingerprint density at radius 1 is 0.821 bits per heavy atom. The van der Waals surface area contributed by atoms with E-state index in [1.807, 2.05) is 6.92 Å². The third kappa shape index (κ3) is 4.48. The highest BCUT2D eigenvalue weighted by Gasteiger charge is 2.34. The van der Waals surface area contributed by atoms with Crippen molar-refractivity contribution in [2.75, 3.05) is 13.2 Å². The zero-order chi connectivity index (χ0) is 20.1. The molecule has 1 heterocycles. The normalized spacial score (nSPS) is 13.8. The largest absolute Gasteiger partial charge is 0.296 e. The van der Waals surface area contributed by atoms with Gasteiger partial charge in [-0.1, -0.05) is 42.7 Å². The fourth-order valence-electron chi connectivity index (χ4n) is 3.11. The van der Waals surface area contributed by atoms with Crippen LogP contribution in [0.3, 0.4) is 0 Å². The quantitative estimate of drug-likeness (QED) is 0.365. The van der Waals surface area contributed by atoms with E-state index in [1.54, 1.807) is 36.4 Å². The summed E-state index contributed by atoms with van der Waals surface area (Å²) in [6.07, 6.45) is 2.80. The van der Waals surface area contributed by atoms with E-state index >= 15 is 0 Å². The number of benzene rings is 2. The molecule has 6 nitrogen and oxygen atoms in total. The number of carbonyl (C=O) groups is 2. The first-order valence-electron chi connectivity index (χ1n) is 9.31. The second kappa shape index (κ2) is 8.67. The number of nitrogens with zero attached hydrogens (tertiary/aromatic N) is 1. The zero-order valence-corrected chi connectivity index (χ0v) is 16.6. The number of carbonyl (C=O) groups excluding carboxylic acids is 2. The summed E-state index contributed by atoms with van der Waals surface area (Å²) in [5.74, 6) is -0.485. The van der Waals surface area contributed by atoms with Gasteiger partial charge in [0.05, 0.1) is 22.6 Å². The molecule has 0 aromatic heterocycles. The molecule has 2 amide bonds. The molecule has 0 bridgehead atoms. The van der Waals surface area contributed by atoms with Gasteiger partial charge in [-0.15, -0.1) is 0 Å². The molecule has 1 aliphatic rings. The highest BCUT2D eigenvalue weighted by atomic mass is 32.2. The minimum absolute atomic E-state index is 0.114. The van der Waals surface area contributed by atoms with E-state index in [9.17, 15) is 18.0 Å². The van der Waals surface area contributed by atoms with E-state index < -0.39 is 10.1 Å². The Morgan fingerprint density at radius 3 is 2.00 bits per heavy atom. The molecule has 0 saturated heterocycles. The molecule has 0 spiro atoms. The van der Waals surface area contributed by atoms with Crippen molar-refractivity contribution >= 4 is 21.9 Å². The SMILES string of the molecule is Cc1ccc(S(=O)(=O)OCCCCCCN2C(=O)c3ccccc3C2=O)cc1. The average molecular weight is 401 g/mol. The number of rotatable bonds is 9. The van der Waals surface area contributed by atoms with E-state index in [4.69, 9.17) is 4.18 Å². The maximum Gasteiger partial charge on any atom is 0.296 e. The van der Waals surface area contributed by atoms with Crippen LogP contribution in [0.15, 0.2) is 53.4 Å². The molecule has 0 fully saturated rings. The number of fused-ring (bicyclic) bond motifs is 1. The van der Waals surface area contributed by atoms with Crippen LogP contribution in [0, 0.1) is 6.92 Å². The number of amides is 2. The highest BCUT2D eigenvalue weighted by Crippen LogP contribution is 2.23. The summed E-state index contributed by atoms with van der Waals surface area (Å²) in [4.78, 5) is 26.0. The molecule has 0 aliphatic carbocycles.